The molecule has 0 unspecified atom stereocenters. The Morgan fingerprint density at radius 1 is 0.389 bits per heavy atom. The first-order valence-electron chi connectivity index (χ1n) is 12.0. The van der Waals surface area contributed by atoms with Crippen molar-refractivity contribution in [3.05, 3.63) is 133 Å². The predicted molar refractivity (Wildman–Crippen MR) is 153 cm³/mol. The van der Waals surface area contributed by atoms with Crippen LogP contribution in [0.4, 0.5) is 4.39 Å². The summed E-state index contributed by atoms with van der Waals surface area (Å²) in [6, 6.07) is 43.9. The van der Waals surface area contributed by atoms with E-state index in [9.17, 15) is 4.39 Å². The summed E-state index contributed by atoms with van der Waals surface area (Å²) < 4.78 is 16.0. The largest absolute Gasteiger partial charge is 0.207 e. The van der Waals surface area contributed by atoms with Crippen molar-refractivity contribution in [2.45, 2.75) is 0 Å². The molecule has 6 aromatic carbocycles. The number of hydrogen-bond donors (Lipinski definition) is 0. The number of rotatable bonds is 3. The molecule has 0 saturated carbocycles. The van der Waals surface area contributed by atoms with Gasteiger partial charge < -0.3 is 0 Å². The van der Waals surface area contributed by atoms with Gasteiger partial charge in [-0.2, -0.15) is 0 Å². The van der Waals surface area contributed by atoms with E-state index in [-0.39, 0.29) is 5.82 Å². The molecule has 0 nitrogen and oxygen atoms in total. The Balaban J connectivity index is 1.20. The normalized spacial score (nSPS) is 11.5. The molecule has 0 aliphatic rings. The summed E-state index contributed by atoms with van der Waals surface area (Å²) in [4.78, 5) is 0. The van der Waals surface area contributed by atoms with Crippen molar-refractivity contribution in [3.63, 3.8) is 0 Å². The van der Waals surface area contributed by atoms with Gasteiger partial charge in [-0.05, 0) is 86.6 Å². The van der Waals surface area contributed by atoms with Gasteiger partial charge in [0.25, 0.3) is 0 Å². The maximum absolute atomic E-state index is 13.3. The lowest BCUT2D eigenvalue weighted by Gasteiger charge is -2.08. The monoisotopic (exact) mass is 480 g/mol. The van der Waals surface area contributed by atoms with Crippen molar-refractivity contribution in [1.82, 2.24) is 0 Å². The van der Waals surface area contributed by atoms with Gasteiger partial charge in [-0.3, -0.25) is 0 Å². The van der Waals surface area contributed by atoms with E-state index in [1.165, 1.54) is 65.3 Å². The summed E-state index contributed by atoms with van der Waals surface area (Å²) in [5, 5.41) is 5.02. The molecule has 36 heavy (non-hydrogen) atoms. The molecular weight excluding hydrogens is 459 g/mol. The molecule has 1 heterocycles. The van der Waals surface area contributed by atoms with Crippen molar-refractivity contribution in [3.8, 4) is 33.4 Å². The van der Waals surface area contributed by atoms with Crippen LogP contribution >= 0.6 is 11.3 Å². The van der Waals surface area contributed by atoms with Crippen LogP contribution in [-0.2, 0) is 0 Å². The van der Waals surface area contributed by atoms with Crippen molar-refractivity contribution >= 4 is 42.3 Å². The average molecular weight is 481 g/mol. The number of halogens is 1. The van der Waals surface area contributed by atoms with E-state index in [0.29, 0.717) is 0 Å². The smallest absolute Gasteiger partial charge is 0.123 e. The molecule has 2 heteroatoms. The van der Waals surface area contributed by atoms with Crippen molar-refractivity contribution in [2.24, 2.45) is 0 Å². The number of thiophene rings is 1. The molecule has 0 N–H and O–H groups in total. The number of fused-ring (bicyclic) bond motifs is 4. The third kappa shape index (κ3) is 3.67. The molecule has 0 bridgehead atoms. The third-order valence-electron chi connectivity index (χ3n) is 6.95. The van der Waals surface area contributed by atoms with Crippen molar-refractivity contribution in [2.75, 3.05) is 0 Å². The molecule has 0 aliphatic carbocycles. The molecule has 0 radical (unpaired) electrons. The van der Waals surface area contributed by atoms with Crippen LogP contribution in [0.5, 0.6) is 0 Å². The summed E-state index contributed by atoms with van der Waals surface area (Å²) in [5.74, 6) is -0.212. The molecule has 1 aromatic heterocycles. The Bertz CT molecular complexity index is 1880. The second-order valence-corrected chi connectivity index (χ2v) is 10.3. The highest BCUT2D eigenvalue weighted by atomic mass is 32.1. The molecule has 0 saturated heterocycles. The van der Waals surface area contributed by atoms with E-state index in [2.05, 4.69) is 103 Å². The Kier molecular flexibility index (Phi) is 4.93. The average Bonchev–Trinajstić information content (AvgIpc) is 3.31. The van der Waals surface area contributed by atoms with Gasteiger partial charge in [-0.1, -0.05) is 84.9 Å². The highest BCUT2D eigenvalue weighted by molar-refractivity contribution is 7.25. The fourth-order valence-electron chi connectivity index (χ4n) is 5.01. The Morgan fingerprint density at radius 2 is 0.861 bits per heavy atom. The zero-order valence-corrected chi connectivity index (χ0v) is 20.2. The van der Waals surface area contributed by atoms with E-state index in [1.807, 2.05) is 23.5 Å². The molecule has 7 rings (SSSR count). The summed E-state index contributed by atoms with van der Waals surface area (Å²) in [5.41, 5.74) is 6.97. The van der Waals surface area contributed by atoms with Crippen LogP contribution in [0.15, 0.2) is 127 Å². The summed E-state index contributed by atoms with van der Waals surface area (Å²) in [7, 11) is 0. The minimum Gasteiger partial charge on any atom is -0.207 e. The van der Waals surface area contributed by atoms with E-state index in [0.717, 1.165) is 11.1 Å². The van der Waals surface area contributed by atoms with Gasteiger partial charge in [0.1, 0.15) is 5.82 Å². The van der Waals surface area contributed by atoms with Gasteiger partial charge in [0, 0.05) is 20.2 Å². The number of hydrogen-bond acceptors (Lipinski definition) is 1. The highest BCUT2D eigenvalue weighted by Crippen LogP contribution is 2.37. The topological polar surface area (TPSA) is 0 Å². The van der Waals surface area contributed by atoms with Gasteiger partial charge >= 0.3 is 0 Å². The van der Waals surface area contributed by atoms with E-state index in [4.69, 9.17) is 0 Å². The lowest BCUT2D eigenvalue weighted by atomic mass is 9.96. The Labute approximate surface area is 212 Å². The van der Waals surface area contributed by atoms with Crippen LogP contribution in [0.2, 0.25) is 0 Å². The van der Waals surface area contributed by atoms with E-state index < -0.39 is 0 Å². The molecule has 0 fully saturated rings. The maximum atomic E-state index is 13.3. The summed E-state index contributed by atoms with van der Waals surface area (Å²) in [6.45, 7) is 0. The molecule has 0 amide bonds. The van der Waals surface area contributed by atoms with Gasteiger partial charge in [-0.25, -0.2) is 4.39 Å². The lowest BCUT2D eigenvalue weighted by molar-refractivity contribution is 0.628. The molecule has 0 aliphatic heterocycles. The Morgan fingerprint density at radius 3 is 1.50 bits per heavy atom. The predicted octanol–water partition coefficient (Wildman–Crippen LogP) is 10.3. The van der Waals surface area contributed by atoms with Crippen LogP contribution in [0.25, 0.3) is 64.3 Å². The van der Waals surface area contributed by atoms with Crippen LogP contribution in [-0.4, -0.2) is 0 Å². The third-order valence-corrected chi connectivity index (χ3v) is 8.10. The standard InChI is InChI=1S/C34H21FS/c35-30-16-13-24(14-17-30)26-10-12-27-19-25(9-11-28(27)20-26)22-5-7-23(8-6-22)29-15-18-34-32(21-29)31-3-1-2-4-33(31)36-34/h1-21H. The SMILES string of the molecule is Fc1ccc(-c2ccc3cc(-c4ccc(-c5ccc6sc7ccccc7c6c5)cc4)ccc3c2)cc1. The summed E-state index contributed by atoms with van der Waals surface area (Å²) in [6.07, 6.45) is 0. The first-order valence-corrected chi connectivity index (χ1v) is 12.8. The second kappa shape index (κ2) is 8.44. The first-order chi connectivity index (χ1) is 17.7. The van der Waals surface area contributed by atoms with E-state index in [1.54, 1.807) is 0 Å². The van der Waals surface area contributed by atoms with Crippen LogP contribution in [0, 0.1) is 5.82 Å². The molecule has 7 aromatic rings. The minimum atomic E-state index is -0.212. The Hall–Kier alpha value is -4.27. The van der Waals surface area contributed by atoms with Gasteiger partial charge in [0.05, 0.1) is 0 Å². The quantitative estimate of drug-likeness (QED) is 0.236. The fourth-order valence-corrected chi connectivity index (χ4v) is 6.09. The highest BCUT2D eigenvalue weighted by Gasteiger charge is 2.08. The van der Waals surface area contributed by atoms with Crippen molar-refractivity contribution < 1.29 is 4.39 Å². The van der Waals surface area contributed by atoms with E-state index >= 15 is 0 Å². The van der Waals surface area contributed by atoms with Gasteiger partial charge in [0.2, 0.25) is 0 Å². The molecule has 0 spiro atoms. The molecule has 0 atom stereocenters. The van der Waals surface area contributed by atoms with Gasteiger partial charge in [-0.15, -0.1) is 11.3 Å². The zero-order chi connectivity index (χ0) is 24.1. The first kappa shape index (κ1) is 21.0. The molecule has 170 valence electrons. The maximum Gasteiger partial charge on any atom is 0.123 e. The minimum absolute atomic E-state index is 0.212. The lowest BCUT2D eigenvalue weighted by Crippen LogP contribution is -1.83. The van der Waals surface area contributed by atoms with Gasteiger partial charge in [0.15, 0.2) is 0 Å². The zero-order valence-electron chi connectivity index (χ0n) is 19.4. The number of benzene rings is 6. The van der Waals surface area contributed by atoms with Crippen molar-refractivity contribution in [1.29, 1.82) is 0 Å². The van der Waals surface area contributed by atoms with Crippen LogP contribution < -0.4 is 0 Å². The second-order valence-electron chi connectivity index (χ2n) is 9.17. The van der Waals surface area contributed by atoms with Crippen LogP contribution in [0.1, 0.15) is 0 Å². The fraction of sp³-hybridized carbons (Fsp3) is 0. The van der Waals surface area contributed by atoms with Crippen LogP contribution in [0.3, 0.4) is 0 Å². The molecular formula is C34H21FS. The summed E-state index contributed by atoms with van der Waals surface area (Å²) >= 11 is 1.85.